The Hall–Kier alpha value is -1.61. The van der Waals surface area contributed by atoms with Crippen molar-refractivity contribution in [3.63, 3.8) is 0 Å². The number of carbonyl (C=O) groups excluding carboxylic acids is 1. The van der Waals surface area contributed by atoms with E-state index in [2.05, 4.69) is 16.7 Å². The molecule has 1 saturated heterocycles. The first-order valence-corrected chi connectivity index (χ1v) is 5.35. The van der Waals surface area contributed by atoms with Crippen LogP contribution in [0, 0.1) is 0 Å². The van der Waals surface area contributed by atoms with E-state index in [9.17, 15) is 4.79 Å². The minimum absolute atomic E-state index is 0.416. The van der Waals surface area contributed by atoms with Crippen molar-refractivity contribution in [2.75, 3.05) is 13.2 Å². The molecule has 2 heterocycles. The quantitative estimate of drug-likeness (QED) is 0.713. The van der Waals surface area contributed by atoms with Crippen LogP contribution in [0.15, 0.2) is 30.5 Å². The van der Waals surface area contributed by atoms with Gasteiger partial charge in [-0.25, -0.2) is 0 Å². The summed E-state index contributed by atoms with van der Waals surface area (Å²) in [6.07, 6.45) is 3.07. The molecule has 3 heteroatoms. The summed E-state index contributed by atoms with van der Waals surface area (Å²) in [7, 11) is 2.00. The lowest BCUT2D eigenvalue weighted by Gasteiger charge is -2.36. The lowest BCUT2D eigenvalue weighted by atomic mass is 9.80. The molecule has 0 radical (unpaired) electrons. The zero-order valence-electron chi connectivity index (χ0n) is 9.14. The molecule has 0 bridgehead atoms. The van der Waals surface area contributed by atoms with Crippen molar-refractivity contribution in [2.24, 2.45) is 7.05 Å². The van der Waals surface area contributed by atoms with Crippen molar-refractivity contribution in [3.05, 3.63) is 36.0 Å². The number of carbonyl (C=O) groups is 1. The van der Waals surface area contributed by atoms with Gasteiger partial charge in [-0.3, -0.25) is 0 Å². The molecular weight excluding hydrogens is 202 g/mol. The Bertz CT molecular complexity index is 552. The molecule has 0 spiro atoms. The summed E-state index contributed by atoms with van der Waals surface area (Å²) in [6.45, 7) is 1.01. The van der Waals surface area contributed by atoms with Crippen LogP contribution >= 0.6 is 0 Å². The summed E-state index contributed by atoms with van der Waals surface area (Å²) >= 11 is 0. The van der Waals surface area contributed by atoms with Crippen LogP contribution in [0.4, 0.5) is 0 Å². The average molecular weight is 215 g/mol. The highest BCUT2D eigenvalue weighted by Gasteiger charge is 2.42. The summed E-state index contributed by atoms with van der Waals surface area (Å²) in [6, 6.07) is 8.14. The maximum Gasteiger partial charge on any atom is 0.135 e. The fraction of sp³-hybridized carbons (Fsp3) is 0.308. The van der Waals surface area contributed by atoms with Gasteiger partial charge in [0.25, 0.3) is 0 Å². The van der Waals surface area contributed by atoms with Gasteiger partial charge in [-0.1, -0.05) is 18.2 Å². The fourth-order valence-corrected chi connectivity index (χ4v) is 2.35. The standard InChI is InChI=1S/C13H13NO2/c1-14-6-11(13(7-15)8-16-9-13)10-4-2-3-5-12(10)14/h2-7H,8-9H2,1H3. The highest BCUT2D eigenvalue weighted by Crippen LogP contribution is 2.35. The largest absolute Gasteiger partial charge is 0.378 e. The van der Waals surface area contributed by atoms with E-state index in [1.54, 1.807) is 0 Å². The van der Waals surface area contributed by atoms with Crippen molar-refractivity contribution in [2.45, 2.75) is 5.41 Å². The zero-order chi connectivity index (χ0) is 11.2. The Labute approximate surface area is 93.6 Å². The maximum atomic E-state index is 11.3. The predicted molar refractivity (Wildman–Crippen MR) is 61.5 cm³/mol. The highest BCUT2D eigenvalue weighted by atomic mass is 16.5. The van der Waals surface area contributed by atoms with E-state index in [4.69, 9.17) is 4.74 Å². The molecule has 1 fully saturated rings. The molecule has 1 aliphatic heterocycles. The number of aromatic nitrogens is 1. The number of ether oxygens (including phenoxy) is 1. The van der Waals surface area contributed by atoms with E-state index in [-0.39, 0.29) is 0 Å². The van der Waals surface area contributed by atoms with Gasteiger partial charge in [0.1, 0.15) is 6.29 Å². The third kappa shape index (κ3) is 1.09. The van der Waals surface area contributed by atoms with E-state index >= 15 is 0 Å². The fourth-order valence-electron chi connectivity index (χ4n) is 2.35. The Morgan fingerprint density at radius 1 is 1.38 bits per heavy atom. The van der Waals surface area contributed by atoms with Crippen LogP contribution in [0.1, 0.15) is 5.56 Å². The predicted octanol–water partition coefficient (Wildman–Crippen LogP) is 1.65. The van der Waals surface area contributed by atoms with Crippen molar-refractivity contribution in [1.29, 1.82) is 0 Å². The molecule has 1 aromatic carbocycles. The van der Waals surface area contributed by atoms with Crippen LogP contribution in [0.5, 0.6) is 0 Å². The second-order valence-electron chi connectivity index (χ2n) is 4.44. The minimum atomic E-state index is -0.416. The van der Waals surface area contributed by atoms with E-state index in [0.717, 1.165) is 22.8 Å². The SMILES string of the molecule is Cn1cc(C2(C=O)COC2)c2ccccc21. The van der Waals surface area contributed by atoms with E-state index in [0.29, 0.717) is 13.2 Å². The van der Waals surface area contributed by atoms with Gasteiger partial charge in [0.15, 0.2) is 0 Å². The number of aldehydes is 1. The number of para-hydroxylation sites is 1. The van der Waals surface area contributed by atoms with Gasteiger partial charge in [0, 0.05) is 24.1 Å². The number of benzene rings is 1. The number of rotatable bonds is 2. The molecule has 0 amide bonds. The van der Waals surface area contributed by atoms with Gasteiger partial charge in [0.2, 0.25) is 0 Å². The van der Waals surface area contributed by atoms with Crippen molar-refractivity contribution < 1.29 is 9.53 Å². The van der Waals surface area contributed by atoms with Gasteiger partial charge < -0.3 is 14.1 Å². The molecule has 1 aromatic heterocycles. The molecule has 0 aliphatic carbocycles. The normalized spacial score (nSPS) is 18.3. The van der Waals surface area contributed by atoms with Crippen LogP contribution < -0.4 is 0 Å². The molecular formula is C13H13NO2. The second kappa shape index (κ2) is 3.19. The average Bonchev–Trinajstić information content (AvgIpc) is 2.58. The summed E-state index contributed by atoms with van der Waals surface area (Å²) in [5.41, 5.74) is 1.83. The highest BCUT2D eigenvalue weighted by molar-refractivity contribution is 5.89. The number of nitrogens with zero attached hydrogens (tertiary/aromatic N) is 1. The maximum absolute atomic E-state index is 11.3. The Balaban J connectivity index is 2.28. The molecule has 0 unspecified atom stereocenters. The van der Waals surface area contributed by atoms with Gasteiger partial charge >= 0.3 is 0 Å². The molecule has 16 heavy (non-hydrogen) atoms. The smallest absolute Gasteiger partial charge is 0.135 e. The molecule has 0 saturated carbocycles. The molecule has 3 rings (SSSR count). The molecule has 3 nitrogen and oxygen atoms in total. The summed E-state index contributed by atoms with van der Waals surface area (Å²) in [5.74, 6) is 0. The second-order valence-corrected chi connectivity index (χ2v) is 4.44. The van der Waals surface area contributed by atoms with Crippen LogP contribution in [-0.4, -0.2) is 24.1 Å². The number of hydrogen-bond donors (Lipinski definition) is 0. The van der Waals surface area contributed by atoms with E-state index < -0.39 is 5.41 Å². The third-order valence-electron chi connectivity index (χ3n) is 3.38. The first kappa shape index (κ1) is 9.60. The Morgan fingerprint density at radius 2 is 2.12 bits per heavy atom. The van der Waals surface area contributed by atoms with Gasteiger partial charge in [0.05, 0.1) is 18.6 Å². The molecule has 82 valence electrons. The minimum Gasteiger partial charge on any atom is -0.378 e. The Morgan fingerprint density at radius 3 is 2.75 bits per heavy atom. The van der Waals surface area contributed by atoms with Crippen LogP contribution in [0.2, 0.25) is 0 Å². The van der Waals surface area contributed by atoms with Crippen LogP contribution in [-0.2, 0) is 22.0 Å². The Kier molecular flexibility index (Phi) is 1.91. The lowest BCUT2D eigenvalue weighted by Crippen LogP contribution is -2.48. The summed E-state index contributed by atoms with van der Waals surface area (Å²) in [5, 5.41) is 1.15. The van der Waals surface area contributed by atoms with Crippen molar-refractivity contribution in [3.8, 4) is 0 Å². The van der Waals surface area contributed by atoms with E-state index in [1.807, 2.05) is 25.4 Å². The first-order chi connectivity index (χ1) is 7.77. The molecule has 0 N–H and O–H groups in total. The number of hydrogen-bond acceptors (Lipinski definition) is 2. The summed E-state index contributed by atoms with van der Waals surface area (Å²) in [4.78, 5) is 11.3. The summed E-state index contributed by atoms with van der Waals surface area (Å²) < 4.78 is 7.26. The molecule has 1 aliphatic rings. The number of fused-ring (bicyclic) bond motifs is 1. The molecule has 0 atom stereocenters. The van der Waals surface area contributed by atoms with Gasteiger partial charge in [-0.15, -0.1) is 0 Å². The van der Waals surface area contributed by atoms with Crippen molar-refractivity contribution in [1.82, 2.24) is 4.57 Å². The van der Waals surface area contributed by atoms with Crippen LogP contribution in [0.25, 0.3) is 10.9 Å². The van der Waals surface area contributed by atoms with Crippen molar-refractivity contribution >= 4 is 17.2 Å². The molecule has 2 aromatic rings. The topological polar surface area (TPSA) is 31.2 Å². The van der Waals surface area contributed by atoms with E-state index in [1.165, 1.54) is 0 Å². The lowest BCUT2D eigenvalue weighted by molar-refractivity contribution is -0.129. The third-order valence-corrected chi connectivity index (χ3v) is 3.38. The van der Waals surface area contributed by atoms with Crippen LogP contribution in [0.3, 0.4) is 0 Å². The monoisotopic (exact) mass is 215 g/mol. The van der Waals surface area contributed by atoms with Gasteiger partial charge in [-0.2, -0.15) is 0 Å². The van der Waals surface area contributed by atoms with Gasteiger partial charge in [-0.05, 0) is 11.6 Å². The first-order valence-electron chi connectivity index (χ1n) is 5.35. The zero-order valence-corrected chi connectivity index (χ0v) is 9.14. The number of aryl methyl sites for hydroxylation is 1.